The van der Waals surface area contributed by atoms with Gasteiger partial charge in [-0.3, -0.25) is 9.99 Å². The van der Waals surface area contributed by atoms with Gasteiger partial charge in [0.1, 0.15) is 11.1 Å². The number of alkyl halides is 3. The van der Waals surface area contributed by atoms with Gasteiger partial charge in [0.25, 0.3) is 0 Å². The Morgan fingerprint density at radius 1 is 1.38 bits per heavy atom. The lowest BCUT2D eigenvalue weighted by atomic mass is 10.0. The predicted molar refractivity (Wildman–Crippen MR) is 65.5 cm³/mol. The largest absolute Gasteiger partial charge is 0.420 e. The molecule has 0 saturated carbocycles. The van der Waals surface area contributed by atoms with Crippen LogP contribution in [-0.2, 0) is 17.5 Å². The maximum atomic E-state index is 13.1. The van der Waals surface area contributed by atoms with Gasteiger partial charge in [0, 0.05) is 6.20 Å². The van der Waals surface area contributed by atoms with Crippen molar-refractivity contribution in [3.05, 3.63) is 47.3 Å². The van der Waals surface area contributed by atoms with Gasteiger partial charge in [-0.2, -0.15) is 18.3 Å². The molecule has 0 amide bonds. The molecule has 0 aliphatic rings. The smallest absolute Gasteiger partial charge is 0.286 e. The number of H-pyrrole nitrogens is 1. The van der Waals surface area contributed by atoms with Crippen molar-refractivity contribution in [1.29, 1.82) is 0 Å². The summed E-state index contributed by atoms with van der Waals surface area (Å²) in [6.45, 7) is 1.59. The minimum Gasteiger partial charge on any atom is -0.286 e. The number of aromatic nitrogens is 2. The number of carbonyl (C=O) groups is 1. The van der Waals surface area contributed by atoms with E-state index < -0.39 is 23.5 Å². The monoisotopic (exact) mass is 300 g/mol. The van der Waals surface area contributed by atoms with E-state index in [0.29, 0.717) is 0 Å². The summed E-state index contributed by atoms with van der Waals surface area (Å²) in [5.41, 5.74) is -0.859. The van der Waals surface area contributed by atoms with Crippen molar-refractivity contribution >= 4 is 5.97 Å². The second-order valence-electron chi connectivity index (χ2n) is 4.08. The molecule has 0 spiro atoms. The summed E-state index contributed by atoms with van der Waals surface area (Å²) in [6, 6.07) is 3.83. The lowest BCUT2D eigenvalue weighted by Crippen LogP contribution is -2.14. The van der Waals surface area contributed by atoms with Crippen molar-refractivity contribution in [1.82, 2.24) is 10.2 Å². The van der Waals surface area contributed by atoms with Gasteiger partial charge in [-0.05, 0) is 18.1 Å². The van der Waals surface area contributed by atoms with Gasteiger partial charge in [-0.1, -0.05) is 19.1 Å². The van der Waals surface area contributed by atoms with Crippen LogP contribution in [0.15, 0.2) is 30.6 Å². The third-order valence-electron chi connectivity index (χ3n) is 2.72. The van der Waals surface area contributed by atoms with E-state index in [2.05, 4.69) is 20.0 Å². The first-order valence-corrected chi connectivity index (χ1v) is 6.00. The lowest BCUT2D eigenvalue weighted by Gasteiger charge is -2.15. The van der Waals surface area contributed by atoms with Gasteiger partial charge in [-0.25, -0.2) is 9.68 Å². The Kier molecular flexibility index (Phi) is 4.15. The molecule has 0 saturated heterocycles. The Morgan fingerprint density at radius 2 is 2.14 bits per heavy atom. The Labute approximate surface area is 117 Å². The fourth-order valence-corrected chi connectivity index (χ4v) is 1.76. The van der Waals surface area contributed by atoms with Gasteiger partial charge >= 0.3 is 12.1 Å². The standard InChI is InChI=1S/C13H11F3N2O3/c1-2-8-4-3-5-10(11(8)13(14,15)16)20-21-12(19)9-6-17-18-7-9/h3-7H,2H2,1H3,(H,17,18). The minimum atomic E-state index is -4.61. The number of carbonyl (C=O) groups excluding carboxylic acids is 1. The Balaban J connectivity index is 2.22. The summed E-state index contributed by atoms with van der Waals surface area (Å²) in [4.78, 5) is 20.5. The van der Waals surface area contributed by atoms with E-state index in [4.69, 9.17) is 0 Å². The van der Waals surface area contributed by atoms with E-state index in [1.165, 1.54) is 24.5 Å². The summed E-state index contributed by atoms with van der Waals surface area (Å²) >= 11 is 0. The molecule has 5 nitrogen and oxygen atoms in total. The van der Waals surface area contributed by atoms with Crippen LogP contribution in [0.4, 0.5) is 13.2 Å². The first-order chi connectivity index (χ1) is 9.93. The number of rotatable bonds is 4. The minimum absolute atomic E-state index is 0.0372. The number of halogens is 3. The number of nitrogens with one attached hydrogen (secondary N) is 1. The second-order valence-corrected chi connectivity index (χ2v) is 4.08. The Hall–Kier alpha value is -2.51. The van der Waals surface area contributed by atoms with Crippen LogP contribution in [0.5, 0.6) is 5.75 Å². The number of benzene rings is 1. The molecule has 0 radical (unpaired) electrons. The molecule has 8 heteroatoms. The zero-order valence-corrected chi connectivity index (χ0v) is 10.9. The number of aromatic amines is 1. The third-order valence-corrected chi connectivity index (χ3v) is 2.72. The zero-order valence-electron chi connectivity index (χ0n) is 10.9. The van der Waals surface area contributed by atoms with Crippen LogP contribution in [0, 0.1) is 0 Å². The van der Waals surface area contributed by atoms with E-state index in [9.17, 15) is 18.0 Å². The van der Waals surface area contributed by atoms with Crippen LogP contribution in [0.25, 0.3) is 0 Å². The molecule has 1 N–H and O–H groups in total. The van der Waals surface area contributed by atoms with Gasteiger partial charge in [0.2, 0.25) is 0 Å². The average molecular weight is 300 g/mol. The van der Waals surface area contributed by atoms with Gasteiger partial charge in [0.05, 0.1) is 6.20 Å². The highest BCUT2D eigenvalue weighted by atomic mass is 19.4. The van der Waals surface area contributed by atoms with Crippen LogP contribution < -0.4 is 4.89 Å². The first-order valence-electron chi connectivity index (χ1n) is 6.00. The van der Waals surface area contributed by atoms with Crippen LogP contribution in [0.1, 0.15) is 28.4 Å². The van der Waals surface area contributed by atoms with Crippen molar-refractivity contribution in [2.45, 2.75) is 19.5 Å². The quantitative estimate of drug-likeness (QED) is 0.696. The molecule has 2 rings (SSSR count). The van der Waals surface area contributed by atoms with Crippen molar-refractivity contribution in [2.24, 2.45) is 0 Å². The number of hydrogen-bond acceptors (Lipinski definition) is 4. The van der Waals surface area contributed by atoms with Crippen molar-refractivity contribution in [3.63, 3.8) is 0 Å². The number of hydrogen-bond donors (Lipinski definition) is 1. The van der Waals surface area contributed by atoms with E-state index in [1.54, 1.807) is 6.92 Å². The van der Waals surface area contributed by atoms with Crippen LogP contribution in [0.2, 0.25) is 0 Å². The molecule has 0 bridgehead atoms. The molecule has 112 valence electrons. The van der Waals surface area contributed by atoms with Gasteiger partial charge < -0.3 is 0 Å². The molecule has 2 aromatic rings. The van der Waals surface area contributed by atoms with Crippen molar-refractivity contribution in [2.75, 3.05) is 0 Å². The topological polar surface area (TPSA) is 64.2 Å². The molecule has 0 atom stereocenters. The average Bonchev–Trinajstić information content (AvgIpc) is 2.97. The molecule has 1 aromatic heterocycles. The van der Waals surface area contributed by atoms with E-state index >= 15 is 0 Å². The Bertz CT molecular complexity index is 624. The van der Waals surface area contributed by atoms with E-state index in [-0.39, 0.29) is 17.5 Å². The molecule has 0 aliphatic carbocycles. The molecular formula is C13H11F3N2O3. The van der Waals surface area contributed by atoms with E-state index in [0.717, 1.165) is 6.07 Å². The molecule has 1 aromatic carbocycles. The summed E-state index contributed by atoms with van der Waals surface area (Å²) in [6.07, 6.45) is -2.04. The molecule has 1 heterocycles. The maximum Gasteiger partial charge on any atom is 0.420 e. The number of nitrogens with zero attached hydrogens (tertiary/aromatic N) is 1. The first kappa shape index (κ1) is 14.9. The van der Waals surface area contributed by atoms with Crippen molar-refractivity contribution < 1.29 is 27.7 Å². The highest BCUT2D eigenvalue weighted by molar-refractivity contribution is 5.88. The highest BCUT2D eigenvalue weighted by Crippen LogP contribution is 2.39. The normalized spacial score (nSPS) is 11.2. The molecule has 21 heavy (non-hydrogen) atoms. The molecule has 0 aliphatic heterocycles. The Morgan fingerprint density at radius 3 is 2.71 bits per heavy atom. The fourth-order valence-electron chi connectivity index (χ4n) is 1.76. The zero-order chi connectivity index (χ0) is 15.5. The van der Waals surface area contributed by atoms with Gasteiger partial charge in [0.15, 0.2) is 5.75 Å². The second kappa shape index (κ2) is 5.86. The summed E-state index contributed by atoms with van der Waals surface area (Å²) in [5.74, 6) is -1.50. The third kappa shape index (κ3) is 3.33. The lowest BCUT2D eigenvalue weighted by molar-refractivity contribution is -0.167. The predicted octanol–water partition coefficient (Wildman–Crippen LogP) is 3.14. The number of aryl methyl sites for hydroxylation is 1. The SMILES string of the molecule is CCc1cccc(OOC(=O)c2cn[nH]c2)c1C(F)(F)F. The van der Waals surface area contributed by atoms with Gasteiger partial charge in [-0.15, -0.1) is 0 Å². The molecule has 0 unspecified atom stereocenters. The summed E-state index contributed by atoms with van der Waals surface area (Å²) < 4.78 is 39.2. The molecule has 0 fully saturated rings. The van der Waals surface area contributed by atoms with Crippen LogP contribution in [-0.4, -0.2) is 16.2 Å². The van der Waals surface area contributed by atoms with E-state index in [1.807, 2.05) is 0 Å². The fraction of sp³-hybridized carbons (Fsp3) is 0.231. The summed E-state index contributed by atoms with van der Waals surface area (Å²) in [7, 11) is 0. The molecular weight excluding hydrogens is 289 g/mol. The van der Waals surface area contributed by atoms with Crippen LogP contribution >= 0.6 is 0 Å². The highest BCUT2D eigenvalue weighted by Gasteiger charge is 2.37. The maximum absolute atomic E-state index is 13.1. The summed E-state index contributed by atoms with van der Waals surface area (Å²) in [5, 5.41) is 5.90. The van der Waals surface area contributed by atoms with Crippen molar-refractivity contribution in [3.8, 4) is 5.75 Å². The van der Waals surface area contributed by atoms with Crippen LogP contribution in [0.3, 0.4) is 0 Å².